The SMILES string of the molecule is CC1CC(=O)NN=C1c1cc(Cl)c2c(c1)C(C)(C)NC2=O. The molecule has 21 heavy (non-hydrogen) atoms. The van der Waals surface area contributed by atoms with Crippen molar-refractivity contribution in [2.24, 2.45) is 11.0 Å². The topological polar surface area (TPSA) is 70.6 Å². The monoisotopic (exact) mass is 305 g/mol. The predicted molar refractivity (Wildman–Crippen MR) is 80.4 cm³/mol. The molecule has 6 heteroatoms. The van der Waals surface area contributed by atoms with Crippen LogP contribution in [0.4, 0.5) is 0 Å². The van der Waals surface area contributed by atoms with E-state index in [1.807, 2.05) is 26.8 Å². The Morgan fingerprint density at radius 3 is 2.71 bits per heavy atom. The molecule has 3 rings (SSSR count). The van der Waals surface area contributed by atoms with Gasteiger partial charge in [-0.15, -0.1) is 0 Å². The van der Waals surface area contributed by atoms with E-state index in [9.17, 15) is 9.59 Å². The lowest BCUT2D eigenvalue weighted by Gasteiger charge is -2.22. The first kappa shape index (κ1) is 14.1. The number of hydrogen-bond donors (Lipinski definition) is 2. The molecule has 1 aromatic rings. The summed E-state index contributed by atoms with van der Waals surface area (Å²) in [5.41, 5.74) is 5.06. The van der Waals surface area contributed by atoms with Crippen molar-refractivity contribution >= 4 is 29.1 Å². The lowest BCUT2D eigenvalue weighted by Crippen LogP contribution is -2.33. The number of fused-ring (bicyclic) bond motifs is 1. The summed E-state index contributed by atoms with van der Waals surface area (Å²) in [6, 6.07) is 3.68. The van der Waals surface area contributed by atoms with E-state index >= 15 is 0 Å². The van der Waals surface area contributed by atoms with Crippen LogP contribution in [0.5, 0.6) is 0 Å². The quantitative estimate of drug-likeness (QED) is 0.835. The number of nitrogens with one attached hydrogen (secondary N) is 2. The number of hydrogen-bond acceptors (Lipinski definition) is 3. The molecule has 2 aliphatic heterocycles. The Labute approximate surface area is 127 Å². The van der Waals surface area contributed by atoms with Crippen LogP contribution in [-0.4, -0.2) is 17.5 Å². The maximum atomic E-state index is 12.0. The average molecular weight is 306 g/mol. The van der Waals surface area contributed by atoms with Gasteiger partial charge in [0.05, 0.1) is 21.8 Å². The van der Waals surface area contributed by atoms with Gasteiger partial charge >= 0.3 is 0 Å². The van der Waals surface area contributed by atoms with Gasteiger partial charge in [0.15, 0.2) is 0 Å². The van der Waals surface area contributed by atoms with E-state index in [4.69, 9.17) is 11.6 Å². The Hall–Kier alpha value is -1.88. The molecule has 1 unspecified atom stereocenters. The Morgan fingerprint density at radius 2 is 2.05 bits per heavy atom. The Morgan fingerprint density at radius 1 is 1.33 bits per heavy atom. The smallest absolute Gasteiger partial charge is 0.253 e. The van der Waals surface area contributed by atoms with E-state index in [0.717, 1.165) is 16.8 Å². The number of benzene rings is 1. The molecule has 2 amide bonds. The highest BCUT2D eigenvalue weighted by molar-refractivity contribution is 6.35. The number of halogens is 1. The summed E-state index contributed by atoms with van der Waals surface area (Å²) >= 11 is 6.29. The van der Waals surface area contributed by atoms with Gasteiger partial charge in [0, 0.05) is 12.3 Å². The van der Waals surface area contributed by atoms with Crippen molar-refractivity contribution in [3.8, 4) is 0 Å². The van der Waals surface area contributed by atoms with Crippen LogP contribution in [0.3, 0.4) is 0 Å². The van der Waals surface area contributed by atoms with Crippen molar-refractivity contribution in [2.75, 3.05) is 0 Å². The summed E-state index contributed by atoms with van der Waals surface area (Å²) in [4.78, 5) is 23.4. The van der Waals surface area contributed by atoms with Gasteiger partial charge in [-0.1, -0.05) is 18.5 Å². The molecule has 5 nitrogen and oxygen atoms in total. The number of carbonyl (C=O) groups is 2. The van der Waals surface area contributed by atoms with Crippen molar-refractivity contribution in [3.63, 3.8) is 0 Å². The molecule has 0 spiro atoms. The molecule has 2 heterocycles. The van der Waals surface area contributed by atoms with Crippen LogP contribution in [0.25, 0.3) is 0 Å². The molecular weight excluding hydrogens is 290 g/mol. The van der Waals surface area contributed by atoms with Crippen LogP contribution >= 0.6 is 11.6 Å². The van der Waals surface area contributed by atoms with Crippen molar-refractivity contribution in [1.82, 2.24) is 10.7 Å². The highest BCUT2D eigenvalue weighted by atomic mass is 35.5. The van der Waals surface area contributed by atoms with E-state index in [1.54, 1.807) is 6.07 Å². The van der Waals surface area contributed by atoms with Gasteiger partial charge in [-0.05, 0) is 37.1 Å². The minimum absolute atomic E-state index is 0.0149. The van der Waals surface area contributed by atoms with E-state index < -0.39 is 5.54 Å². The molecule has 0 aromatic heterocycles. The van der Waals surface area contributed by atoms with E-state index in [-0.39, 0.29) is 17.7 Å². The zero-order valence-electron chi connectivity index (χ0n) is 12.1. The summed E-state index contributed by atoms with van der Waals surface area (Å²) in [7, 11) is 0. The fourth-order valence-electron chi connectivity index (χ4n) is 2.89. The number of carbonyl (C=O) groups excluding carboxylic acids is 2. The van der Waals surface area contributed by atoms with E-state index in [1.165, 1.54) is 0 Å². The normalized spacial score (nSPS) is 23.2. The second-order valence-electron chi connectivity index (χ2n) is 6.10. The molecule has 1 aromatic carbocycles. The van der Waals surface area contributed by atoms with E-state index in [0.29, 0.717) is 17.0 Å². The zero-order chi connectivity index (χ0) is 15.4. The molecule has 0 bridgehead atoms. The lowest BCUT2D eigenvalue weighted by molar-refractivity contribution is -0.121. The zero-order valence-corrected chi connectivity index (χ0v) is 12.8. The third-order valence-corrected chi connectivity index (χ3v) is 4.27. The van der Waals surface area contributed by atoms with E-state index in [2.05, 4.69) is 15.8 Å². The van der Waals surface area contributed by atoms with Gasteiger partial charge in [0.2, 0.25) is 5.91 Å². The Balaban J connectivity index is 2.13. The molecule has 1 atom stereocenters. The lowest BCUT2D eigenvalue weighted by atomic mass is 9.88. The number of rotatable bonds is 1. The maximum Gasteiger partial charge on any atom is 0.253 e. The molecule has 0 aliphatic carbocycles. The largest absolute Gasteiger partial charge is 0.343 e. The summed E-state index contributed by atoms with van der Waals surface area (Å²) in [5, 5.41) is 7.48. The minimum Gasteiger partial charge on any atom is -0.343 e. The average Bonchev–Trinajstić information content (AvgIpc) is 2.59. The van der Waals surface area contributed by atoms with Crippen LogP contribution in [0.2, 0.25) is 5.02 Å². The maximum absolute atomic E-state index is 12.0. The highest BCUT2D eigenvalue weighted by Gasteiger charge is 2.37. The fourth-order valence-corrected chi connectivity index (χ4v) is 3.20. The van der Waals surface area contributed by atoms with Crippen LogP contribution < -0.4 is 10.7 Å². The first-order valence-corrected chi connectivity index (χ1v) is 7.20. The van der Waals surface area contributed by atoms with Crippen LogP contribution in [0, 0.1) is 5.92 Å². The molecule has 2 aliphatic rings. The standard InChI is InChI=1S/C15H16ClN3O2/c1-7-4-11(20)18-19-13(7)8-5-9-12(10(16)6-8)14(21)17-15(9,2)3/h5-7H,4H2,1-3H3,(H,17,21)(H,18,20). The third kappa shape index (κ3) is 2.21. The summed E-state index contributed by atoms with van der Waals surface area (Å²) in [6.45, 7) is 5.82. The first-order chi connectivity index (χ1) is 9.79. The second-order valence-corrected chi connectivity index (χ2v) is 6.50. The van der Waals surface area contributed by atoms with Gasteiger partial charge in [0.25, 0.3) is 5.91 Å². The number of amides is 2. The molecule has 0 saturated heterocycles. The van der Waals surface area contributed by atoms with Crippen LogP contribution in [0.1, 0.15) is 48.7 Å². The highest BCUT2D eigenvalue weighted by Crippen LogP contribution is 2.36. The minimum atomic E-state index is -0.465. The van der Waals surface area contributed by atoms with Crippen molar-refractivity contribution in [2.45, 2.75) is 32.7 Å². The van der Waals surface area contributed by atoms with Crippen LogP contribution in [-0.2, 0) is 10.3 Å². The second kappa shape index (κ2) is 4.56. The Bertz CT molecular complexity index is 694. The summed E-state index contributed by atoms with van der Waals surface area (Å²) in [6.07, 6.45) is 0.397. The number of nitrogens with zero attached hydrogens (tertiary/aromatic N) is 1. The Kier molecular flexibility index (Phi) is 3.06. The van der Waals surface area contributed by atoms with Gasteiger partial charge in [-0.25, -0.2) is 5.43 Å². The van der Waals surface area contributed by atoms with Crippen LogP contribution in [0.15, 0.2) is 17.2 Å². The molecule has 110 valence electrons. The van der Waals surface area contributed by atoms with Crippen molar-refractivity contribution in [3.05, 3.63) is 33.8 Å². The fraction of sp³-hybridized carbons (Fsp3) is 0.400. The molecule has 0 fully saturated rings. The van der Waals surface area contributed by atoms with Crippen molar-refractivity contribution < 1.29 is 9.59 Å². The number of hydrazone groups is 1. The van der Waals surface area contributed by atoms with Gasteiger partial charge in [0.1, 0.15) is 0 Å². The third-order valence-electron chi connectivity index (χ3n) is 3.97. The molecule has 2 N–H and O–H groups in total. The van der Waals surface area contributed by atoms with Gasteiger partial charge in [-0.3, -0.25) is 9.59 Å². The molecule has 0 saturated carbocycles. The summed E-state index contributed by atoms with van der Waals surface area (Å²) in [5.74, 6) is -0.227. The molecular formula is C15H16ClN3O2. The van der Waals surface area contributed by atoms with Gasteiger partial charge in [-0.2, -0.15) is 5.10 Å². The summed E-state index contributed by atoms with van der Waals surface area (Å²) < 4.78 is 0. The molecule has 0 radical (unpaired) electrons. The van der Waals surface area contributed by atoms with Gasteiger partial charge < -0.3 is 5.32 Å². The predicted octanol–water partition coefficient (Wildman–Crippen LogP) is 2.18. The first-order valence-electron chi connectivity index (χ1n) is 6.83. The van der Waals surface area contributed by atoms with Crippen molar-refractivity contribution in [1.29, 1.82) is 0 Å².